The van der Waals surface area contributed by atoms with Gasteiger partial charge in [-0.2, -0.15) is 0 Å². The molecule has 0 atom stereocenters. The molecule has 0 aliphatic rings. The van der Waals surface area contributed by atoms with Gasteiger partial charge in [0, 0.05) is 34.1 Å². The van der Waals surface area contributed by atoms with Crippen LogP contribution in [0.3, 0.4) is 0 Å². The van der Waals surface area contributed by atoms with Gasteiger partial charge < -0.3 is 9.80 Å². The Balaban J connectivity index is 1.11. The highest BCUT2D eigenvalue weighted by atomic mass is 15.1. The van der Waals surface area contributed by atoms with Gasteiger partial charge in [-0.25, -0.2) is 0 Å². The summed E-state index contributed by atoms with van der Waals surface area (Å²) in [6.45, 7) is 8.66. The molecule has 0 N–H and O–H groups in total. The topological polar surface area (TPSA) is 6.48 Å². The molecule has 0 saturated carbocycles. The molecule has 50 heavy (non-hydrogen) atoms. The van der Waals surface area contributed by atoms with Gasteiger partial charge in [-0.1, -0.05) is 120 Å². The highest BCUT2D eigenvalue weighted by Crippen LogP contribution is 2.37. The quantitative estimate of drug-likeness (QED) is 0.144. The summed E-state index contributed by atoms with van der Waals surface area (Å²) in [6, 6.07) is 60.9. The molecular weight excluding hydrogens is 605 g/mol. The van der Waals surface area contributed by atoms with Crippen molar-refractivity contribution in [2.24, 2.45) is 0 Å². The molecule has 244 valence electrons. The molecule has 7 aromatic carbocycles. The van der Waals surface area contributed by atoms with Crippen LogP contribution in [-0.4, -0.2) is 0 Å². The van der Waals surface area contributed by atoms with Crippen molar-refractivity contribution in [1.29, 1.82) is 0 Å². The van der Waals surface area contributed by atoms with E-state index < -0.39 is 0 Å². The van der Waals surface area contributed by atoms with Crippen molar-refractivity contribution < 1.29 is 0 Å². The first-order valence-electron chi connectivity index (χ1n) is 17.3. The molecule has 0 fully saturated rings. The highest BCUT2D eigenvalue weighted by Gasteiger charge is 2.14. The fourth-order valence-corrected chi connectivity index (χ4v) is 6.48. The van der Waals surface area contributed by atoms with Crippen molar-refractivity contribution in [1.82, 2.24) is 0 Å². The fraction of sp³-hybridized carbons (Fsp3) is 0.0833. The summed E-state index contributed by atoms with van der Waals surface area (Å²) < 4.78 is 0. The number of hydrogen-bond donors (Lipinski definition) is 0. The molecule has 7 aromatic rings. The minimum absolute atomic E-state index is 1.13. The zero-order valence-corrected chi connectivity index (χ0v) is 29.2. The zero-order chi connectivity index (χ0) is 34.5. The van der Waals surface area contributed by atoms with Gasteiger partial charge in [-0.15, -0.1) is 0 Å². The first kappa shape index (κ1) is 32.4. The number of para-hydroxylation sites is 2. The van der Waals surface area contributed by atoms with Crippen molar-refractivity contribution in [3.63, 3.8) is 0 Å². The molecule has 0 bridgehead atoms. The van der Waals surface area contributed by atoms with Crippen LogP contribution in [0, 0.1) is 27.7 Å². The standard InChI is InChI=1S/C48H42N2/c1-35-15-25-44(26-16-35)50(45-27-17-36(2)18-28-45)46-29-20-39(21-30-46)19-22-41-33-38(4)48(34-37(41)3)40-23-31-47(32-24-40)49(42-11-7-5-8-12-42)43-13-9-6-10-14-43/h5-34H,1-4H3. The Morgan fingerprint density at radius 1 is 0.360 bits per heavy atom. The van der Waals surface area contributed by atoms with Crippen molar-refractivity contribution >= 4 is 46.3 Å². The van der Waals surface area contributed by atoms with Crippen LogP contribution in [0.4, 0.5) is 34.1 Å². The van der Waals surface area contributed by atoms with Gasteiger partial charge in [-0.05, 0) is 134 Å². The molecule has 0 aliphatic heterocycles. The summed E-state index contributed by atoms with van der Waals surface area (Å²) in [5, 5.41) is 0. The Hall–Kier alpha value is -6.12. The lowest BCUT2D eigenvalue weighted by molar-refractivity contribution is 1.27. The number of aryl methyl sites for hydroxylation is 4. The first-order chi connectivity index (χ1) is 24.4. The van der Waals surface area contributed by atoms with Crippen LogP contribution in [0.15, 0.2) is 170 Å². The molecule has 2 nitrogen and oxygen atoms in total. The van der Waals surface area contributed by atoms with Gasteiger partial charge in [0.2, 0.25) is 0 Å². The van der Waals surface area contributed by atoms with Crippen LogP contribution < -0.4 is 9.80 Å². The molecule has 0 saturated heterocycles. The van der Waals surface area contributed by atoms with E-state index in [0.29, 0.717) is 0 Å². The van der Waals surface area contributed by atoms with E-state index in [4.69, 9.17) is 0 Å². The van der Waals surface area contributed by atoms with E-state index in [1.54, 1.807) is 0 Å². The average Bonchev–Trinajstić information content (AvgIpc) is 3.15. The van der Waals surface area contributed by atoms with Gasteiger partial charge in [0.05, 0.1) is 0 Å². The van der Waals surface area contributed by atoms with E-state index in [0.717, 1.165) is 34.1 Å². The Bertz CT molecular complexity index is 2110. The van der Waals surface area contributed by atoms with Crippen molar-refractivity contribution in [2.45, 2.75) is 27.7 Å². The van der Waals surface area contributed by atoms with Crippen LogP contribution in [0.1, 0.15) is 33.4 Å². The Morgan fingerprint density at radius 3 is 1.22 bits per heavy atom. The third-order valence-corrected chi connectivity index (χ3v) is 9.27. The van der Waals surface area contributed by atoms with E-state index in [-0.39, 0.29) is 0 Å². The Morgan fingerprint density at radius 2 is 0.760 bits per heavy atom. The second-order valence-corrected chi connectivity index (χ2v) is 13.0. The average molecular weight is 647 g/mol. The second kappa shape index (κ2) is 14.6. The first-order valence-corrected chi connectivity index (χ1v) is 17.3. The molecule has 0 spiro atoms. The van der Waals surface area contributed by atoms with E-state index >= 15 is 0 Å². The smallest absolute Gasteiger partial charge is 0.0462 e. The van der Waals surface area contributed by atoms with Gasteiger partial charge in [0.1, 0.15) is 0 Å². The van der Waals surface area contributed by atoms with E-state index in [2.05, 4.69) is 220 Å². The van der Waals surface area contributed by atoms with Crippen molar-refractivity contribution in [2.75, 3.05) is 9.80 Å². The van der Waals surface area contributed by atoms with Crippen LogP contribution in [0.2, 0.25) is 0 Å². The van der Waals surface area contributed by atoms with Crippen molar-refractivity contribution in [3.05, 3.63) is 203 Å². The van der Waals surface area contributed by atoms with Crippen LogP contribution in [0.25, 0.3) is 23.3 Å². The molecule has 2 heteroatoms. The third kappa shape index (κ3) is 7.16. The third-order valence-electron chi connectivity index (χ3n) is 9.27. The van der Waals surface area contributed by atoms with Crippen LogP contribution in [-0.2, 0) is 0 Å². The summed E-state index contributed by atoms with van der Waals surface area (Å²) in [6.07, 6.45) is 4.45. The molecule has 0 heterocycles. The zero-order valence-electron chi connectivity index (χ0n) is 29.2. The highest BCUT2D eigenvalue weighted by molar-refractivity contribution is 5.81. The van der Waals surface area contributed by atoms with E-state index in [1.165, 1.54) is 44.5 Å². The molecule has 0 aromatic heterocycles. The van der Waals surface area contributed by atoms with Crippen molar-refractivity contribution in [3.8, 4) is 11.1 Å². The van der Waals surface area contributed by atoms with Gasteiger partial charge in [0.15, 0.2) is 0 Å². The minimum atomic E-state index is 1.13. The van der Waals surface area contributed by atoms with Gasteiger partial charge in [-0.3, -0.25) is 0 Å². The molecule has 0 amide bonds. The molecular formula is C48H42N2. The number of anilines is 6. The summed E-state index contributed by atoms with van der Waals surface area (Å²) >= 11 is 0. The lowest BCUT2D eigenvalue weighted by atomic mass is 9.94. The van der Waals surface area contributed by atoms with E-state index in [1.807, 2.05) is 0 Å². The second-order valence-electron chi connectivity index (χ2n) is 13.0. The Labute approximate surface area is 297 Å². The van der Waals surface area contributed by atoms with Crippen LogP contribution >= 0.6 is 0 Å². The maximum atomic E-state index is 2.32. The number of benzene rings is 7. The summed E-state index contributed by atoms with van der Waals surface area (Å²) in [5.74, 6) is 0. The minimum Gasteiger partial charge on any atom is -0.311 e. The summed E-state index contributed by atoms with van der Waals surface area (Å²) in [4.78, 5) is 4.61. The van der Waals surface area contributed by atoms with Crippen LogP contribution in [0.5, 0.6) is 0 Å². The normalized spacial score (nSPS) is 11.1. The number of rotatable bonds is 9. The number of nitrogens with zero attached hydrogens (tertiary/aromatic N) is 2. The van der Waals surface area contributed by atoms with Gasteiger partial charge in [0.25, 0.3) is 0 Å². The summed E-state index contributed by atoms with van der Waals surface area (Å²) in [5.41, 5.74) is 16.7. The molecule has 7 rings (SSSR count). The monoisotopic (exact) mass is 646 g/mol. The van der Waals surface area contributed by atoms with Gasteiger partial charge >= 0.3 is 0 Å². The van der Waals surface area contributed by atoms with E-state index in [9.17, 15) is 0 Å². The largest absolute Gasteiger partial charge is 0.311 e. The summed E-state index contributed by atoms with van der Waals surface area (Å²) in [7, 11) is 0. The SMILES string of the molecule is Cc1ccc(N(c2ccc(C)cc2)c2ccc(C=Cc3cc(C)c(-c4ccc(N(c5ccccc5)c5ccccc5)cc4)cc3C)cc2)cc1. The molecule has 0 unspecified atom stereocenters. The predicted molar refractivity (Wildman–Crippen MR) is 216 cm³/mol. The number of hydrogen-bond acceptors (Lipinski definition) is 2. The predicted octanol–water partition coefficient (Wildman–Crippen LogP) is 13.7. The lowest BCUT2D eigenvalue weighted by Gasteiger charge is -2.26. The molecule has 0 radical (unpaired) electrons. The Kier molecular flexibility index (Phi) is 9.44. The maximum Gasteiger partial charge on any atom is 0.0462 e. The maximum absolute atomic E-state index is 2.32. The fourth-order valence-electron chi connectivity index (χ4n) is 6.48. The molecule has 0 aliphatic carbocycles. The lowest BCUT2D eigenvalue weighted by Crippen LogP contribution is -2.09.